The fourth-order valence-corrected chi connectivity index (χ4v) is 5.06. The molecular formula is C15H18NOPS. The molecule has 0 heterocycles. The van der Waals surface area contributed by atoms with Gasteiger partial charge < -0.3 is 4.57 Å². The van der Waals surface area contributed by atoms with Crippen molar-refractivity contribution in [2.45, 2.75) is 0 Å². The minimum Gasteiger partial charge on any atom is -0.314 e. The molecule has 0 fully saturated rings. The van der Waals surface area contributed by atoms with E-state index in [9.17, 15) is 4.57 Å². The molecule has 0 aliphatic carbocycles. The molecule has 2 rings (SSSR count). The Hall–Kier alpha value is -1.02. The number of hydrogen-bond donors (Lipinski definition) is 1. The van der Waals surface area contributed by atoms with Gasteiger partial charge in [-0.2, -0.15) is 0 Å². The van der Waals surface area contributed by atoms with Crippen LogP contribution in [0.15, 0.2) is 60.7 Å². The Balaban J connectivity index is 2.36. The Labute approximate surface area is 119 Å². The topological polar surface area (TPSA) is 29.1 Å². The van der Waals surface area contributed by atoms with Crippen LogP contribution in [0.25, 0.3) is 0 Å². The fraction of sp³-hybridized carbons (Fsp3) is 0.200. The normalized spacial score (nSPS) is 11.4. The van der Waals surface area contributed by atoms with Gasteiger partial charge in [-0.1, -0.05) is 72.6 Å². The van der Waals surface area contributed by atoms with Crippen LogP contribution in [-0.2, 0) is 4.57 Å². The van der Waals surface area contributed by atoms with Crippen LogP contribution in [0, 0.1) is 0 Å². The van der Waals surface area contributed by atoms with Crippen LogP contribution < -0.4 is 15.3 Å². The molecule has 19 heavy (non-hydrogen) atoms. The third kappa shape index (κ3) is 3.50. The van der Waals surface area contributed by atoms with E-state index in [1.54, 1.807) is 11.9 Å². The largest absolute Gasteiger partial charge is 0.314 e. The molecule has 4 heteroatoms. The zero-order chi connectivity index (χ0) is 13.6. The van der Waals surface area contributed by atoms with Gasteiger partial charge in [0, 0.05) is 23.3 Å². The summed E-state index contributed by atoms with van der Waals surface area (Å²) in [5.41, 5.74) is 0. The number of hydrogen-bond acceptors (Lipinski definition) is 3. The molecule has 100 valence electrons. The summed E-state index contributed by atoms with van der Waals surface area (Å²) >= 11 is 1.56. The second-order valence-electron chi connectivity index (χ2n) is 4.23. The monoisotopic (exact) mass is 291 g/mol. The SMILES string of the molecule is CSNCCP(=O)(c1ccccc1)c1ccccc1. The van der Waals surface area contributed by atoms with E-state index in [1.807, 2.05) is 66.9 Å². The highest BCUT2D eigenvalue weighted by molar-refractivity contribution is 7.96. The molecule has 0 aliphatic rings. The maximum atomic E-state index is 13.4. The summed E-state index contributed by atoms with van der Waals surface area (Å²) in [5.74, 6) is 0. The molecule has 0 amide bonds. The third-order valence-electron chi connectivity index (χ3n) is 3.02. The lowest BCUT2D eigenvalue weighted by Crippen LogP contribution is -2.22. The van der Waals surface area contributed by atoms with Crippen LogP contribution in [0.3, 0.4) is 0 Å². The highest BCUT2D eigenvalue weighted by atomic mass is 32.2. The minimum absolute atomic E-state index is 0.641. The highest BCUT2D eigenvalue weighted by Gasteiger charge is 2.26. The standard InChI is InChI=1S/C15H18NOPS/c1-19-16-12-13-18(17,14-8-4-2-5-9-14)15-10-6-3-7-11-15/h2-11,16H,12-13H2,1H3. The highest BCUT2D eigenvalue weighted by Crippen LogP contribution is 2.42. The van der Waals surface area contributed by atoms with Gasteiger partial charge >= 0.3 is 0 Å². The molecule has 2 aromatic rings. The zero-order valence-corrected chi connectivity index (χ0v) is 12.7. The van der Waals surface area contributed by atoms with Crippen molar-refractivity contribution in [3.8, 4) is 0 Å². The molecule has 2 aromatic carbocycles. The molecule has 0 radical (unpaired) electrons. The van der Waals surface area contributed by atoms with Crippen LogP contribution in [-0.4, -0.2) is 19.0 Å². The summed E-state index contributed by atoms with van der Waals surface area (Å²) in [6, 6.07) is 19.6. The predicted octanol–water partition coefficient (Wildman–Crippen LogP) is 2.87. The zero-order valence-electron chi connectivity index (χ0n) is 11.0. The Morgan fingerprint density at radius 2 is 1.42 bits per heavy atom. The van der Waals surface area contributed by atoms with E-state index < -0.39 is 7.14 Å². The van der Waals surface area contributed by atoms with E-state index in [1.165, 1.54) is 0 Å². The number of rotatable bonds is 6. The average Bonchev–Trinajstić information content (AvgIpc) is 2.49. The van der Waals surface area contributed by atoms with Crippen molar-refractivity contribution in [3.05, 3.63) is 60.7 Å². The summed E-state index contributed by atoms with van der Waals surface area (Å²) in [6.07, 6.45) is 2.62. The average molecular weight is 291 g/mol. The minimum atomic E-state index is -2.53. The molecule has 0 saturated carbocycles. The Morgan fingerprint density at radius 3 is 1.84 bits per heavy atom. The number of benzene rings is 2. The van der Waals surface area contributed by atoms with Crippen LogP contribution in [0.5, 0.6) is 0 Å². The summed E-state index contributed by atoms with van der Waals surface area (Å²) in [5, 5.41) is 1.87. The van der Waals surface area contributed by atoms with E-state index in [0.717, 1.165) is 17.2 Å². The maximum absolute atomic E-state index is 13.4. The van der Waals surface area contributed by atoms with Crippen molar-refractivity contribution in [1.29, 1.82) is 0 Å². The van der Waals surface area contributed by atoms with Crippen molar-refractivity contribution in [2.75, 3.05) is 19.0 Å². The van der Waals surface area contributed by atoms with Gasteiger partial charge in [-0.25, -0.2) is 0 Å². The van der Waals surface area contributed by atoms with Gasteiger partial charge in [-0.15, -0.1) is 0 Å². The summed E-state index contributed by atoms with van der Waals surface area (Å²) in [6.45, 7) is 0.738. The first kappa shape index (κ1) is 14.4. The smallest absolute Gasteiger partial charge is 0.144 e. The molecule has 2 nitrogen and oxygen atoms in total. The molecular weight excluding hydrogens is 273 g/mol. The lowest BCUT2D eigenvalue weighted by molar-refractivity contribution is 0.586. The van der Waals surface area contributed by atoms with Crippen LogP contribution in [0.1, 0.15) is 0 Å². The molecule has 0 aliphatic heterocycles. The van der Waals surface area contributed by atoms with Gasteiger partial charge in [0.05, 0.1) is 0 Å². The quantitative estimate of drug-likeness (QED) is 0.504. The van der Waals surface area contributed by atoms with Gasteiger partial charge in [0.25, 0.3) is 0 Å². The predicted molar refractivity (Wildman–Crippen MR) is 86.1 cm³/mol. The first-order valence-corrected chi connectivity index (χ1v) is 9.35. The van der Waals surface area contributed by atoms with Gasteiger partial charge in [0.1, 0.15) is 7.14 Å². The van der Waals surface area contributed by atoms with Gasteiger partial charge in [-0.3, -0.25) is 4.72 Å². The van der Waals surface area contributed by atoms with Crippen LogP contribution >= 0.6 is 19.1 Å². The van der Waals surface area contributed by atoms with Crippen LogP contribution in [0.4, 0.5) is 0 Å². The van der Waals surface area contributed by atoms with E-state index in [-0.39, 0.29) is 0 Å². The van der Waals surface area contributed by atoms with E-state index in [0.29, 0.717) is 6.16 Å². The Morgan fingerprint density at radius 1 is 0.947 bits per heavy atom. The molecule has 0 aromatic heterocycles. The lowest BCUT2D eigenvalue weighted by atomic mass is 10.4. The van der Waals surface area contributed by atoms with Gasteiger partial charge in [0.15, 0.2) is 0 Å². The second-order valence-corrected chi connectivity index (χ2v) is 7.89. The second kappa shape index (κ2) is 6.95. The van der Waals surface area contributed by atoms with E-state index in [2.05, 4.69) is 4.72 Å². The molecule has 0 atom stereocenters. The van der Waals surface area contributed by atoms with E-state index >= 15 is 0 Å². The van der Waals surface area contributed by atoms with Gasteiger partial charge in [0.2, 0.25) is 0 Å². The van der Waals surface area contributed by atoms with Gasteiger partial charge in [-0.05, 0) is 6.26 Å². The molecule has 0 bridgehead atoms. The van der Waals surface area contributed by atoms with Crippen molar-refractivity contribution in [3.63, 3.8) is 0 Å². The van der Waals surface area contributed by atoms with Crippen molar-refractivity contribution in [2.24, 2.45) is 0 Å². The van der Waals surface area contributed by atoms with E-state index in [4.69, 9.17) is 0 Å². The number of nitrogens with one attached hydrogen (secondary N) is 1. The molecule has 0 spiro atoms. The van der Waals surface area contributed by atoms with Crippen LogP contribution in [0.2, 0.25) is 0 Å². The van der Waals surface area contributed by atoms with Crippen molar-refractivity contribution in [1.82, 2.24) is 4.72 Å². The van der Waals surface area contributed by atoms with Crippen molar-refractivity contribution >= 4 is 29.7 Å². The Bertz CT molecular complexity index is 501. The Kier molecular flexibility index (Phi) is 5.26. The summed E-state index contributed by atoms with van der Waals surface area (Å²) in [4.78, 5) is 0. The lowest BCUT2D eigenvalue weighted by Gasteiger charge is -2.19. The first-order valence-electron chi connectivity index (χ1n) is 6.23. The fourth-order valence-electron chi connectivity index (χ4n) is 2.05. The summed E-state index contributed by atoms with van der Waals surface area (Å²) < 4.78 is 16.6. The van der Waals surface area contributed by atoms with Crippen molar-refractivity contribution < 1.29 is 4.57 Å². The molecule has 1 N–H and O–H groups in total. The first-order chi connectivity index (χ1) is 9.27. The maximum Gasteiger partial charge on any atom is 0.144 e. The molecule has 0 unspecified atom stereocenters. The summed E-state index contributed by atoms with van der Waals surface area (Å²) in [7, 11) is -2.53. The third-order valence-corrected chi connectivity index (χ3v) is 6.63. The molecule has 0 saturated heterocycles.